The first-order valence-corrected chi connectivity index (χ1v) is 12.2. The molecular weight excluding hydrogens is 434 g/mol. The average molecular weight is 464 g/mol. The number of carbonyl (C=O) groups excluding carboxylic acids is 2. The van der Waals surface area contributed by atoms with Gasteiger partial charge in [-0.25, -0.2) is 4.98 Å². The van der Waals surface area contributed by atoms with Gasteiger partial charge in [-0.2, -0.15) is 0 Å². The van der Waals surface area contributed by atoms with Crippen LogP contribution in [0.1, 0.15) is 41.5 Å². The summed E-state index contributed by atoms with van der Waals surface area (Å²) in [6.45, 7) is 5.73. The summed E-state index contributed by atoms with van der Waals surface area (Å²) in [7, 11) is 0. The molecule has 4 rings (SSSR count). The molecule has 0 spiro atoms. The number of hydrogen-bond acceptors (Lipinski definition) is 6. The summed E-state index contributed by atoms with van der Waals surface area (Å²) < 4.78 is 0. The van der Waals surface area contributed by atoms with Gasteiger partial charge in [0.15, 0.2) is 0 Å². The summed E-state index contributed by atoms with van der Waals surface area (Å²) in [5, 5.41) is 1.79. The van der Waals surface area contributed by atoms with E-state index in [0.717, 1.165) is 49.4 Å². The molecular formula is C25H29N5O2S. The largest absolute Gasteiger partial charge is 0.333 e. The third-order valence-electron chi connectivity index (χ3n) is 5.83. The summed E-state index contributed by atoms with van der Waals surface area (Å²) >= 11 is 1.42. The van der Waals surface area contributed by atoms with Crippen molar-refractivity contribution in [2.24, 2.45) is 0 Å². The van der Waals surface area contributed by atoms with Gasteiger partial charge in [-0.3, -0.25) is 19.5 Å². The fraction of sp³-hybridized carbons (Fsp3) is 0.360. The molecule has 0 unspecified atom stereocenters. The van der Waals surface area contributed by atoms with Crippen LogP contribution in [0.2, 0.25) is 0 Å². The van der Waals surface area contributed by atoms with Gasteiger partial charge in [0.05, 0.1) is 11.2 Å². The van der Waals surface area contributed by atoms with Gasteiger partial charge in [0, 0.05) is 63.5 Å². The second kappa shape index (κ2) is 11.2. The second-order valence-corrected chi connectivity index (χ2v) is 8.92. The van der Waals surface area contributed by atoms with Crippen molar-refractivity contribution < 1.29 is 9.59 Å². The normalized spacial score (nSPS) is 15.9. The van der Waals surface area contributed by atoms with Crippen molar-refractivity contribution >= 4 is 28.8 Å². The summed E-state index contributed by atoms with van der Waals surface area (Å²) in [5.74, 6) is -0.0677. The van der Waals surface area contributed by atoms with Gasteiger partial charge >= 0.3 is 0 Å². The number of amides is 2. The van der Waals surface area contributed by atoms with Crippen molar-refractivity contribution in [2.45, 2.75) is 32.9 Å². The van der Waals surface area contributed by atoms with Gasteiger partial charge in [0.2, 0.25) is 5.91 Å². The molecule has 0 N–H and O–H groups in total. The van der Waals surface area contributed by atoms with E-state index in [1.165, 1.54) is 11.3 Å². The number of fused-ring (bicyclic) bond motifs is 1. The molecule has 0 fully saturated rings. The Hall–Kier alpha value is -3.10. The molecule has 7 nitrogen and oxygen atoms in total. The van der Waals surface area contributed by atoms with Gasteiger partial charge in [-0.1, -0.05) is 24.3 Å². The Kier molecular flexibility index (Phi) is 7.80. The fourth-order valence-electron chi connectivity index (χ4n) is 4.22. The molecule has 1 aliphatic heterocycles. The van der Waals surface area contributed by atoms with Crippen molar-refractivity contribution in [2.75, 3.05) is 31.1 Å². The zero-order valence-electron chi connectivity index (χ0n) is 18.9. The average Bonchev–Trinajstić information content (AvgIpc) is 3.36. The lowest BCUT2D eigenvalue weighted by Gasteiger charge is -2.31. The molecule has 3 aromatic rings. The summed E-state index contributed by atoms with van der Waals surface area (Å²) in [6, 6.07) is 13.8. The van der Waals surface area contributed by atoms with E-state index >= 15 is 0 Å². The number of benzene rings is 1. The van der Waals surface area contributed by atoms with E-state index in [2.05, 4.69) is 14.9 Å². The fourth-order valence-corrected chi connectivity index (χ4v) is 4.75. The second-order valence-electron chi connectivity index (χ2n) is 8.20. The Morgan fingerprint density at radius 1 is 0.970 bits per heavy atom. The smallest absolute Gasteiger partial charge is 0.273 e. The monoisotopic (exact) mass is 463 g/mol. The highest BCUT2D eigenvalue weighted by molar-refractivity contribution is 7.07. The van der Waals surface area contributed by atoms with Gasteiger partial charge in [0.1, 0.15) is 5.69 Å². The lowest BCUT2D eigenvalue weighted by atomic mass is 10.1. The molecule has 1 aromatic carbocycles. The Morgan fingerprint density at radius 2 is 1.76 bits per heavy atom. The van der Waals surface area contributed by atoms with Gasteiger partial charge in [-0.15, -0.1) is 11.3 Å². The van der Waals surface area contributed by atoms with Crippen molar-refractivity contribution in [3.63, 3.8) is 0 Å². The lowest BCUT2D eigenvalue weighted by Crippen LogP contribution is -2.38. The number of carbonyl (C=O) groups is 2. The quantitative estimate of drug-likeness (QED) is 0.591. The van der Waals surface area contributed by atoms with E-state index in [-0.39, 0.29) is 11.8 Å². The number of para-hydroxylation sites is 1. The maximum Gasteiger partial charge on any atom is 0.273 e. The zero-order chi connectivity index (χ0) is 23.0. The SMILES string of the molecule is CC(=O)N1CCCN(Cc2ccccn2)CCCN(C(=O)c2cscn2)Cc2ccccc21. The molecule has 33 heavy (non-hydrogen) atoms. The van der Waals surface area contributed by atoms with Crippen LogP contribution in [0.25, 0.3) is 0 Å². The Labute approximate surface area is 198 Å². The number of hydrogen-bond donors (Lipinski definition) is 0. The third kappa shape index (κ3) is 6.03. The van der Waals surface area contributed by atoms with Gasteiger partial charge in [0.25, 0.3) is 5.91 Å². The molecule has 172 valence electrons. The zero-order valence-corrected chi connectivity index (χ0v) is 19.7. The molecule has 2 amide bonds. The Balaban J connectivity index is 1.61. The van der Waals surface area contributed by atoms with Crippen molar-refractivity contribution in [3.05, 3.63) is 76.5 Å². The van der Waals surface area contributed by atoms with Crippen LogP contribution in [-0.4, -0.2) is 57.8 Å². The third-order valence-corrected chi connectivity index (χ3v) is 6.42. The molecule has 0 aliphatic carbocycles. The molecule has 1 aliphatic rings. The molecule has 0 saturated carbocycles. The van der Waals surface area contributed by atoms with E-state index in [9.17, 15) is 9.59 Å². The van der Waals surface area contributed by atoms with E-state index in [4.69, 9.17) is 0 Å². The van der Waals surface area contributed by atoms with Crippen LogP contribution in [0.3, 0.4) is 0 Å². The first-order valence-electron chi connectivity index (χ1n) is 11.3. The maximum absolute atomic E-state index is 13.2. The number of thiazole rings is 1. The first-order chi connectivity index (χ1) is 16.1. The molecule has 0 atom stereocenters. The number of aromatic nitrogens is 2. The highest BCUT2D eigenvalue weighted by Crippen LogP contribution is 2.24. The first kappa shape index (κ1) is 23.1. The molecule has 3 heterocycles. The minimum absolute atomic E-state index is 0.00756. The standard InChI is InChI=1S/C25H29N5O2S/c1-20(31)30-15-7-13-28(17-22-9-4-5-11-26-22)12-6-14-29(25(32)23-18-33-19-27-23)16-21-8-2-3-10-24(21)30/h2-5,8-11,18-19H,6-7,12-17H2,1H3. The molecule has 2 aromatic heterocycles. The molecule has 0 saturated heterocycles. The van der Waals surface area contributed by atoms with Crippen LogP contribution in [0, 0.1) is 0 Å². The van der Waals surface area contributed by atoms with Crippen molar-refractivity contribution in [3.8, 4) is 0 Å². The minimum atomic E-state index is -0.0752. The van der Waals surface area contributed by atoms with Crippen LogP contribution in [0.5, 0.6) is 0 Å². The summed E-state index contributed by atoms with van der Waals surface area (Å²) in [4.78, 5) is 40.6. The van der Waals surface area contributed by atoms with Crippen LogP contribution >= 0.6 is 11.3 Å². The maximum atomic E-state index is 13.2. The molecule has 0 radical (unpaired) electrons. The van der Waals surface area contributed by atoms with Crippen molar-refractivity contribution in [1.29, 1.82) is 0 Å². The van der Waals surface area contributed by atoms with E-state index < -0.39 is 0 Å². The van der Waals surface area contributed by atoms with Crippen LogP contribution < -0.4 is 4.90 Å². The summed E-state index contributed by atoms with van der Waals surface area (Å²) in [5.41, 5.74) is 5.02. The predicted molar refractivity (Wildman–Crippen MR) is 130 cm³/mol. The highest BCUT2D eigenvalue weighted by Gasteiger charge is 2.23. The number of rotatable bonds is 3. The van der Waals surface area contributed by atoms with E-state index in [0.29, 0.717) is 25.3 Å². The van der Waals surface area contributed by atoms with Crippen molar-refractivity contribution in [1.82, 2.24) is 19.8 Å². The molecule has 8 heteroatoms. The minimum Gasteiger partial charge on any atom is -0.333 e. The van der Waals surface area contributed by atoms with E-state index in [1.807, 2.05) is 58.5 Å². The number of anilines is 1. The Morgan fingerprint density at radius 3 is 2.48 bits per heavy atom. The van der Waals surface area contributed by atoms with Gasteiger partial charge < -0.3 is 9.80 Å². The van der Waals surface area contributed by atoms with Crippen LogP contribution in [0.4, 0.5) is 5.69 Å². The number of pyridine rings is 1. The van der Waals surface area contributed by atoms with Crippen LogP contribution in [0.15, 0.2) is 59.6 Å². The predicted octanol–water partition coefficient (Wildman–Crippen LogP) is 3.83. The topological polar surface area (TPSA) is 69.6 Å². The van der Waals surface area contributed by atoms with E-state index in [1.54, 1.807) is 17.8 Å². The number of nitrogens with zero attached hydrogens (tertiary/aromatic N) is 5. The summed E-state index contributed by atoms with van der Waals surface area (Å²) in [6.07, 6.45) is 3.53. The lowest BCUT2D eigenvalue weighted by molar-refractivity contribution is -0.116. The Bertz CT molecular complexity index is 1060. The van der Waals surface area contributed by atoms with Crippen LogP contribution in [-0.2, 0) is 17.9 Å². The highest BCUT2D eigenvalue weighted by atomic mass is 32.1. The van der Waals surface area contributed by atoms with Gasteiger partial charge in [-0.05, 0) is 36.6 Å². The molecule has 0 bridgehead atoms.